The molecule has 1 N–H and O–H groups in total. The van der Waals surface area contributed by atoms with Crippen molar-refractivity contribution in [3.63, 3.8) is 0 Å². The summed E-state index contributed by atoms with van der Waals surface area (Å²) in [6.07, 6.45) is 1.65. The molecule has 6 nitrogen and oxygen atoms in total. The van der Waals surface area contributed by atoms with Crippen LogP contribution < -0.4 is 4.90 Å². The van der Waals surface area contributed by atoms with Crippen LogP contribution >= 0.6 is 0 Å². The lowest BCUT2D eigenvalue weighted by molar-refractivity contribution is 0.0689. The first-order chi connectivity index (χ1) is 7.20. The molecule has 1 aliphatic rings. The number of carboxylic acids is 1. The summed E-state index contributed by atoms with van der Waals surface area (Å²) in [6.45, 7) is 1.42. The summed E-state index contributed by atoms with van der Waals surface area (Å²) in [7, 11) is 1.65. The molecule has 0 atom stereocenters. The molecule has 0 aromatic carbocycles. The predicted molar refractivity (Wildman–Crippen MR) is 52.0 cm³/mol. The van der Waals surface area contributed by atoms with Gasteiger partial charge in [0.1, 0.15) is 0 Å². The van der Waals surface area contributed by atoms with E-state index < -0.39 is 5.97 Å². The Morgan fingerprint density at radius 1 is 1.67 bits per heavy atom. The Morgan fingerprint density at radius 3 is 3.00 bits per heavy atom. The number of nitrogens with zero attached hydrogens (tertiary/aromatic N) is 3. The largest absolute Gasteiger partial charge is 0.477 e. The lowest BCUT2D eigenvalue weighted by Crippen LogP contribution is -2.52. The molecule has 0 amide bonds. The molecule has 1 saturated heterocycles. The third-order valence-corrected chi connectivity index (χ3v) is 2.33. The zero-order chi connectivity index (χ0) is 10.8. The number of carbonyl (C=O) groups is 1. The zero-order valence-corrected chi connectivity index (χ0v) is 8.25. The Labute approximate surface area is 86.5 Å². The monoisotopic (exact) mass is 209 g/mol. The van der Waals surface area contributed by atoms with E-state index >= 15 is 0 Å². The van der Waals surface area contributed by atoms with Gasteiger partial charge >= 0.3 is 5.97 Å². The number of rotatable bonds is 3. The fourth-order valence-electron chi connectivity index (χ4n) is 1.37. The van der Waals surface area contributed by atoms with Gasteiger partial charge in [0.15, 0.2) is 5.69 Å². The fraction of sp³-hybridized carbons (Fsp3) is 0.444. The van der Waals surface area contributed by atoms with Crippen molar-refractivity contribution in [1.82, 2.24) is 9.97 Å². The van der Waals surface area contributed by atoms with Crippen molar-refractivity contribution in [2.45, 2.75) is 6.10 Å². The van der Waals surface area contributed by atoms with Gasteiger partial charge in [-0.2, -0.15) is 0 Å². The number of aromatic nitrogens is 2. The standard InChI is InChI=1S/C9H11N3O3/c1-15-6-4-12(5-6)9-10-3-2-7(11-9)8(13)14/h2-3,6H,4-5H2,1H3,(H,13,14). The van der Waals surface area contributed by atoms with Gasteiger partial charge in [0.2, 0.25) is 5.95 Å². The number of ether oxygens (including phenoxy) is 1. The third kappa shape index (κ3) is 1.89. The Morgan fingerprint density at radius 2 is 2.40 bits per heavy atom. The summed E-state index contributed by atoms with van der Waals surface area (Å²) < 4.78 is 5.10. The minimum absolute atomic E-state index is 0.0147. The van der Waals surface area contributed by atoms with Gasteiger partial charge in [-0.05, 0) is 6.07 Å². The highest BCUT2D eigenvalue weighted by Gasteiger charge is 2.28. The van der Waals surface area contributed by atoms with E-state index in [1.54, 1.807) is 7.11 Å². The van der Waals surface area contributed by atoms with Crippen LogP contribution in [0.3, 0.4) is 0 Å². The molecule has 1 aromatic rings. The second kappa shape index (κ2) is 3.82. The highest BCUT2D eigenvalue weighted by atomic mass is 16.5. The van der Waals surface area contributed by atoms with Crippen LogP contribution in [0.15, 0.2) is 12.3 Å². The quantitative estimate of drug-likeness (QED) is 0.755. The molecule has 0 spiro atoms. The lowest BCUT2D eigenvalue weighted by atomic mass is 10.2. The first-order valence-corrected chi connectivity index (χ1v) is 4.55. The van der Waals surface area contributed by atoms with Crippen LogP contribution in [0, 0.1) is 0 Å². The van der Waals surface area contributed by atoms with E-state index in [4.69, 9.17) is 9.84 Å². The summed E-state index contributed by atoms with van der Waals surface area (Å²) in [6, 6.07) is 1.37. The van der Waals surface area contributed by atoms with Gasteiger partial charge in [-0.25, -0.2) is 14.8 Å². The van der Waals surface area contributed by atoms with Gasteiger partial charge in [-0.1, -0.05) is 0 Å². The lowest BCUT2D eigenvalue weighted by Gasteiger charge is -2.37. The highest BCUT2D eigenvalue weighted by molar-refractivity contribution is 5.85. The van der Waals surface area contributed by atoms with E-state index in [1.807, 2.05) is 4.90 Å². The maximum absolute atomic E-state index is 10.7. The van der Waals surface area contributed by atoms with E-state index in [1.165, 1.54) is 12.3 Å². The summed E-state index contributed by atoms with van der Waals surface area (Å²) in [5.74, 6) is -0.592. The van der Waals surface area contributed by atoms with E-state index in [-0.39, 0.29) is 11.8 Å². The second-order valence-corrected chi connectivity index (χ2v) is 3.31. The van der Waals surface area contributed by atoms with Crippen molar-refractivity contribution < 1.29 is 14.6 Å². The van der Waals surface area contributed by atoms with Crippen LogP contribution in [0.25, 0.3) is 0 Å². The smallest absolute Gasteiger partial charge is 0.354 e. The molecule has 2 rings (SSSR count). The molecular weight excluding hydrogens is 198 g/mol. The van der Waals surface area contributed by atoms with Crippen LogP contribution in [-0.2, 0) is 4.74 Å². The molecule has 0 aliphatic carbocycles. The maximum atomic E-state index is 10.7. The fourth-order valence-corrected chi connectivity index (χ4v) is 1.37. The molecule has 6 heteroatoms. The summed E-state index contributed by atoms with van der Waals surface area (Å²) in [5.41, 5.74) is 0.0147. The maximum Gasteiger partial charge on any atom is 0.354 e. The molecule has 2 heterocycles. The normalized spacial score (nSPS) is 16.2. The molecule has 80 valence electrons. The van der Waals surface area contributed by atoms with Gasteiger partial charge in [-0.15, -0.1) is 0 Å². The molecular formula is C9H11N3O3. The van der Waals surface area contributed by atoms with Gasteiger partial charge in [0, 0.05) is 26.4 Å². The molecule has 0 saturated carbocycles. The molecule has 0 unspecified atom stereocenters. The number of hydrogen-bond acceptors (Lipinski definition) is 5. The van der Waals surface area contributed by atoms with Crippen molar-refractivity contribution in [3.05, 3.63) is 18.0 Å². The van der Waals surface area contributed by atoms with Gasteiger partial charge in [-0.3, -0.25) is 0 Å². The molecule has 1 aliphatic heterocycles. The third-order valence-electron chi connectivity index (χ3n) is 2.33. The van der Waals surface area contributed by atoms with Crippen LogP contribution in [0.5, 0.6) is 0 Å². The van der Waals surface area contributed by atoms with Crippen molar-refractivity contribution in [3.8, 4) is 0 Å². The van der Waals surface area contributed by atoms with E-state index in [2.05, 4.69) is 9.97 Å². The number of methoxy groups -OCH3 is 1. The summed E-state index contributed by atoms with van der Waals surface area (Å²) >= 11 is 0. The summed E-state index contributed by atoms with van der Waals surface area (Å²) in [4.78, 5) is 20.5. The van der Waals surface area contributed by atoms with Gasteiger partial charge < -0.3 is 14.7 Å². The molecule has 0 radical (unpaired) electrons. The van der Waals surface area contributed by atoms with Gasteiger partial charge in [0.25, 0.3) is 0 Å². The first-order valence-electron chi connectivity index (χ1n) is 4.55. The highest BCUT2D eigenvalue weighted by Crippen LogP contribution is 2.17. The average Bonchev–Trinajstić information content (AvgIpc) is 2.16. The molecule has 0 bridgehead atoms. The van der Waals surface area contributed by atoms with Crippen LogP contribution in [0.4, 0.5) is 5.95 Å². The van der Waals surface area contributed by atoms with E-state index in [0.29, 0.717) is 19.0 Å². The molecule has 1 aromatic heterocycles. The van der Waals surface area contributed by atoms with Crippen molar-refractivity contribution >= 4 is 11.9 Å². The van der Waals surface area contributed by atoms with Crippen LogP contribution in [0.2, 0.25) is 0 Å². The van der Waals surface area contributed by atoms with Crippen molar-refractivity contribution in [1.29, 1.82) is 0 Å². The Bertz CT molecular complexity index is 377. The molecule has 1 fully saturated rings. The summed E-state index contributed by atoms with van der Waals surface area (Å²) in [5, 5.41) is 8.75. The number of anilines is 1. The van der Waals surface area contributed by atoms with Crippen molar-refractivity contribution in [2.75, 3.05) is 25.1 Å². The van der Waals surface area contributed by atoms with Crippen LogP contribution in [-0.4, -0.2) is 47.3 Å². The second-order valence-electron chi connectivity index (χ2n) is 3.31. The zero-order valence-electron chi connectivity index (χ0n) is 8.25. The topological polar surface area (TPSA) is 75.5 Å². The minimum Gasteiger partial charge on any atom is -0.477 e. The Balaban J connectivity index is 2.10. The average molecular weight is 209 g/mol. The Hall–Kier alpha value is -1.69. The van der Waals surface area contributed by atoms with E-state index in [0.717, 1.165) is 0 Å². The van der Waals surface area contributed by atoms with Crippen molar-refractivity contribution in [2.24, 2.45) is 0 Å². The first kappa shape index (κ1) is 9.85. The SMILES string of the molecule is COC1CN(c2nccc(C(=O)O)n2)C1. The number of hydrogen-bond donors (Lipinski definition) is 1. The van der Waals surface area contributed by atoms with E-state index in [9.17, 15) is 4.79 Å². The molecule has 15 heavy (non-hydrogen) atoms. The minimum atomic E-state index is -1.04. The number of aromatic carboxylic acids is 1. The predicted octanol–water partition coefficient (Wildman–Crippen LogP) is 0.00980. The van der Waals surface area contributed by atoms with Gasteiger partial charge in [0.05, 0.1) is 6.10 Å². The number of carboxylic acid groups (broad SMARTS) is 1. The van der Waals surface area contributed by atoms with Crippen LogP contribution in [0.1, 0.15) is 10.5 Å². The Kier molecular flexibility index (Phi) is 2.51.